The summed E-state index contributed by atoms with van der Waals surface area (Å²) in [7, 11) is 0. The van der Waals surface area contributed by atoms with Crippen LogP contribution in [-0.4, -0.2) is 33.7 Å². The quantitative estimate of drug-likeness (QED) is 0.0485. The normalized spacial score (nSPS) is 13.1. The molecule has 0 N–H and O–H groups in total. The molecule has 0 spiro atoms. The van der Waals surface area contributed by atoms with Crippen molar-refractivity contribution in [2.24, 2.45) is 5.92 Å². The standard InChI is InChI=1S/C52H98N2O4/c1-6-10-14-18-20-30-40-49(38-28-16-12-8-3)57-51(55)42-32-24-22-26-35-48(37-34-45-54-46-44-53-47(54)5)36-27-23-25-33-43-52(56)58-50(39-29-17-13-9-4)41-31-21-19-15-11-7-2/h44,46,48-50H,6-43,45H2,1-5H3. The van der Waals surface area contributed by atoms with Gasteiger partial charge in [-0.3, -0.25) is 9.59 Å². The first-order chi connectivity index (χ1) is 28.4. The lowest BCUT2D eigenvalue weighted by Crippen LogP contribution is -2.18. The number of nitrogens with zero attached hydrogens (tertiary/aromatic N) is 2. The highest BCUT2D eigenvalue weighted by molar-refractivity contribution is 5.69. The lowest BCUT2D eigenvalue weighted by molar-refractivity contribution is -0.151. The van der Waals surface area contributed by atoms with Gasteiger partial charge in [-0.1, -0.05) is 182 Å². The van der Waals surface area contributed by atoms with Crippen LogP contribution in [0.1, 0.15) is 278 Å². The van der Waals surface area contributed by atoms with Crippen molar-refractivity contribution in [1.29, 1.82) is 0 Å². The molecule has 6 nitrogen and oxygen atoms in total. The Labute approximate surface area is 361 Å². The topological polar surface area (TPSA) is 70.4 Å². The van der Waals surface area contributed by atoms with Crippen LogP contribution < -0.4 is 0 Å². The number of rotatable bonds is 44. The summed E-state index contributed by atoms with van der Waals surface area (Å²) in [5, 5.41) is 0. The van der Waals surface area contributed by atoms with Crippen molar-refractivity contribution >= 4 is 11.9 Å². The van der Waals surface area contributed by atoms with E-state index in [4.69, 9.17) is 9.47 Å². The summed E-state index contributed by atoms with van der Waals surface area (Å²) < 4.78 is 14.4. The fraction of sp³-hybridized carbons (Fsp3) is 0.904. The van der Waals surface area contributed by atoms with Crippen LogP contribution in [0.4, 0.5) is 0 Å². The molecule has 0 saturated carbocycles. The highest BCUT2D eigenvalue weighted by Crippen LogP contribution is 2.25. The molecule has 1 aromatic heterocycles. The smallest absolute Gasteiger partial charge is 0.306 e. The Morgan fingerprint density at radius 2 is 0.793 bits per heavy atom. The number of unbranched alkanes of at least 4 members (excludes halogenated alkanes) is 22. The van der Waals surface area contributed by atoms with Crippen molar-refractivity contribution in [3.05, 3.63) is 18.2 Å². The van der Waals surface area contributed by atoms with Crippen molar-refractivity contribution in [3.63, 3.8) is 0 Å². The van der Waals surface area contributed by atoms with Crippen LogP contribution in [0.3, 0.4) is 0 Å². The molecule has 0 amide bonds. The van der Waals surface area contributed by atoms with E-state index < -0.39 is 0 Å². The van der Waals surface area contributed by atoms with E-state index in [0.717, 1.165) is 69.7 Å². The first-order valence-electron chi connectivity index (χ1n) is 25.8. The molecular formula is C52H98N2O4. The predicted molar refractivity (Wildman–Crippen MR) is 248 cm³/mol. The van der Waals surface area contributed by atoms with Gasteiger partial charge in [0.1, 0.15) is 18.0 Å². The van der Waals surface area contributed by atoms with Gasteiger partial charge in [-0.15, -0.1) is 0 Å². The molecule has 0 radical (unpaired) electrons. The second kappa shape index (κ2) is 40.6. The third-order valence-corrected chi connectivity index (χ3v) is 12.5. The number of carbonyl (C=O) groups is 2. The van der Waals surface area contributed by atoms with E-state index in [-0.39, 0.29) is 24.1 Å². The zero-order valence-corrected chi connectivity index (χ0v) is 39.5. The van der Waals surface area contributed by atoms with Gasteiger partial charge in [0.05, 0.1) is 0 Å². The number of ether oxygens (including phenoxy) is 2. The molecule has 58 heavy (non-hydrogen) atoms. The van der Waals surface area contributed by atoms with E-state index in [1.165, 1.54) is 180 Å². The van der Waals surface area contributed by atoms with E-state index in [1.807, 2.05) is 6.20 Å². The monoisotopic (exact) mass is 815 g/mol. The van der Waals surface area contributed by atoms with Crippen molar-refractivity contribution < 1.29 is 19.1 Å². The minimum atomic E-state index is 0.0304. The Bertz CT molecular complexity index is 982. The zero-order valence-electron chi connectivity index (χ0n) is 39.5. The summed E-state index contributed by atoms with van der Waals surface area (Å²) in [6.07, 6.45) is 48.9. The number of hydrogen-bond acceptors (Lipinski definition) is 5. The number of hydrogen-bond donors (Lipinski definition) is 0. The van der Waals surface area contributed by atoms with Crippen molar-refractivity contribution in [1.82, 2.24) is 9.55 Å². The molecule has 0 saturated heterocycles. The fourth-order valence-electron chi connectivity index (χ4n) is 8.65. The number of carbonyl (C=O) groups excluding carboxylic acids is 2. The van der Waals surface area contributed by atoms with Gasteiger partial charge in [0.15, 0.2) is 0 Å². The summed E-state index contributed by atoms with van der Waals surface area (Å²) in [4.78, 5) is 30.1. The summed E-state index contributed by atoms with van der Waals surface area (Å²) in [6.45, 7) is 12.2. The Balaban J connectivity index is 2.42. The van der Waals surface area contributed by atoms with E-state index in [9.17, 15) is 9.59 Å². The van der Waals surface area contributed by atoms with Gasteiger partial charge in [-0.25, -0.2) is 4.98 Å². The van der Waals surface area contributed by atoms with Gasteiger partial charge in [0.2, 0.25) is 0 Å². The predicted octanol–water partition coefficient (Wildman–Crippen LogP) is 16.5. The Hall–Kier alpha value is -1.85. The maximum absolute atomic E-state index is 12.9. The Morgan fingerprint density at radius 3 is 1.17 bits per heavy atom. The van der Waals surface area contributed by atoms with E-state index in [2.05, 4.69) is 50.4 Å². The molecule has 0 aliphatic carbocycles. The zero-order chi connectivity index (χ0) is 42.2. The summed E-state index contributed by atoms with van der Waals surface area (Å²) in [5.41, 5.74) is 0. The molecule has 0 fully saturated rings. The van der Waals surface area contributed by atoms with Crippen molar-refractivity contribution in [2.45, 2.75) is 297 Å². The summed E-state index contributed by atoms with van der Waals surface area (Å²) in [5.74, 6) is 1.90. The Kier molecular flexibility index (Phi) is 37.9. The first-order valence-corrected chi connectivity index (χ1v) is 25.8. The van der Waals surface area contributed by atoms with Gasteiger partial charge in [0, 0.05) is 31.8 Å². The summed E-state index contributed by atoms with van der Waals surface area (Å²) in [6, 6.07) is 0. The van der Waals surface area contributed by atoms with Gasteiger partial charge >= 0.3 is 11.9 Å². The average molecular weight is 815 g/mol. The molecule has 2 atom stereocenters. The second-order valence-electron chi connectivity index (χ2n) is 18.1. The van der Waals surface area contributed by atoms with Gasteiger partial charge in [0.25, 0.3) is 0 Å². The molecular weight excluding hydrogens is 717 g/mol. The highest BCUT2D eigenvalue weighted by Gasteiger charge is 2.16. The second-order valence-corrected chi connectivity index (χ2v) is 18.1. The van der Waals surface area contributed by atoms with E-state index in [0.29, 0.717) is 12.8 Å². The average Bonchev–Trinajstić information content (AvgIpc) is 3.63. The minimum absolute atomic E-state index is 0.0304. The number of aromatic nitrogens is 2. The highest BCUT2D eigenvalue weighted by atomic mass is 16.5. The molecule has 1 rings (SSSR count). The maximum atomic E-state index is 12.9. The molecule has 0 aliphatic rings. The van der Waals surface area contributed by atoms with Gasteiger partial charge < -0.3 is 14.0 Å². The van der Waals surface area contributed by atoms with Crippen LogP contribution in [0, 0.1) is 12.8 Å². The van der Waals surface area contributed by atoms with E-state index >= 15 is 0 Å². The lowest BCUT2D eigenvalue weighted by Gasteiger charge is -2.19. The molecule has 0 bridgehead atoms. The molecule has 0 aromatic carbocycles. The van der Waals surface area contributed by atoms with Crippen LogP contribution in [0.5, 0.6) is 0 Å². The third kappa shape index (κ3) is 32.9. The number of imidazole rings is 1. The largest absolute Gasteiger partial charge is 0.462 e. The summed E-state index contributed by atoms with van der Waals surface area (Å²) >= 11 is 0. The molecule has 340 valence electrons. The Morgan fingerprint density at radius 1 is 0.466 bits per heavy atom. The minimum Gasteiger partial charge on any atom is -0.462 e. The molecule has 6 heteroatoms. The molecule has 1 heterocycles. The first kappa shape index (κ1) is 54.2. The number of esters is 2. The lowest BCUT2D eigenvalue weighted by atomic mass is 9.90. The molecule has 0 aliphatic heterocycles. The van der Waals surface area contributed by atoms with Crippen molar-refractivity contribution in [2.75, 3.05) is 0 Å². The van der Waals surface area contributed by atoms with Crippen LogP contribution in [0.2, 0.25) is 0 Å². The van der Waals surface area contributed by atoms with Gasteiger partial charge in [-0.2, -0.15) is 0 Å². The van der Waals surface area contributed by atoms with Crippen LogP contribution in [-0.2, 0) is 25.6 Å². The van der Waals surface area contributed by atoms with Crippen LogP contribution in [0.15, 0.2) is 12.4 Å². The molecule has 2 unspecified atom stereocenters. The van der Waals surface area contributed by atoms with Crippen molar-refractivity contribution in [3.8, 4) is 0 Å². The fourth-order valence-corrected chi connectivity index (χ4v) is 8.65. The van der Waals surface area contributed by atoms with Gasteiger partial charge in [-0.05, 0) is 89.9 Å². The third-order valence-electron chi connectivity index (χ3n) is 12.5. The maximum Gasteiger partial charge on any atom is 0.306 e. The SMILES string of the molecule is CCCCCCCCC(CCCCCC)OC(=O)CCCCCCC(CCCCCCC(=O)OC(CCCCCC)CCCCCCCC)CCCn1ccnc1C. The number of aryl methyl sites for hydroxylation is 2. The van der Waals surface area contributed by atoms with Crippen LogP contribution >= 0.6 is 0 Å². The van der Waals surface area contributed by atoms with E-state index in [1.54, 1.807) is 0 Å². The molecule has 1 aromatic rings. The van der Waals surface area contributed by atoms with Crippen LogP contribution in [0.25, 0.3) is 0 Å².